The molecule has 0 N–H and O–H groups in total. The standard InChI is InChI=1S/C19H24N2O4S/c1-25-13-4-12-21(18-9-14-26(23,24)15-18)19(22)16-5-7-17(8-6-16)20-10-2-3-11-20/h2-3,5-8,10-11,18H,4,9,12-15H2,1H3. The summed E-state index contributed by atoms with van der Waals surface area (Å²) in [6.45, 7) is 1.03. The number of aromatic nitrogens is 1. The molecular formula is C19H24N2O4S. The number of rotatable bonds is 7. The molecule has 1 unspecified atom stereocenters. The Hall–Kier alpha value is -2.12. The Labute approximate surface area is 154 Å². The fourth-order valence-electron chi connectivity index (χ4n) is 3.30. The van der Waals surface area contributed by atoms with Gasteiger partial charge in [0, 0.05) is 49.9 Å². The first-order valence-corrected chi connectivity index (χ1v) is 10.6. The van der Waals surface area contributed by atoms with Gasteiger partial charge in [0.2, 0.25) is 0 Å². The largest absolute Gasteiger partial charge is 0.385 e. The van der Waals surface area contributed by atoms with Crippen LogP contribution in [-0.2, 0) is 14.6 Å². The molecule has 0 spiro atoms. The second kappa shape index (κ2) is 8.05. The topological polar surface area (TPSA) is 68.6 Å². The molecule has 1 fully saturated rings. The Balaban J connectivity index is 1.77. The molecule has 1 aromatic carbocycles. The zero-order valence-corrected chi connectivity index (χ0v) is 15.7. The molecule has 1 amide bonds. The monoisotopic (exact) mass is 376 g/mol. The van der Waals surface area contributed by atoms with Gasteiger partial charge < -0.3 is 14.2 Å². The third kappa shape index (κ3) is 4.34. The highest BCUT2D eigenvalue weighted by Crippen LogP contribution is 2.21. The quantitative estimate of drug-likeness (QED) is 0.695. The van der Waals surface area contributed by atoms with Crippen molar-refractivity contribution in [1.82, 2.24) is 9.47 Å². The molecular weight excluding hydrogens is 352 g/mol. The summed E-state index contributed by atoms with van der Waals surface area (Å²) in [5.41, 5.74) is 1.54. The van der Waals surface area contributed by atoms with Crippen LogP contribution in [0.1, 0.15) is 23.2 Å². The highest BCUT2D eigenvalue weighted by atomic mass is 32.2. The van der Waals surface area contributed by atoms with Crippen molar-refractivity contribution >= 4 is 15.7 Å². The average molecular weight is 376 g/mol. The number of carbonyl (C=O) groups excluding carboxylic acids is 1. The molecule has 0 bridgehead atoms. The van der Waals surface area contributed by atoms with Gasteiger partial charge in [0.15, 0.2) is 9.84 Å². The second-order valence-corrected chi connectivity index (χ2v) is 8.77. The van der Waals surface area contributed by atoms with Crippen molar-refractivity contribution in [2.24, 2.45) is 0 Å². The van der Waals surface area contributed by atoms with Gasteiger partial charge in [0.1, 0.15) is 0 Å². The Morgan fingerprint density at radius 2 is 1.92 bits per heavy atom. The smallest absolute Gasteiger partial charge is 0.254 e. The number of amides is 1. The highest BCUT2D eigenvalue weighted by Gasteiger charge is 2.34. The lowest BCUT2D eigenvalue weighted by molar-refractivity contribution is 0.0674. The van der Waals surface area contributed by atoms with E-state index in [9.17, 15) is 13.2 Å². The van der Waals surface area contributed by atoms with Gasteiger partial charge in [-0.1, -0.05) is 0 Å². The Bertz CT molecular complexity index is 829. The maximum absolute atomic E-state index is 13.0. The Morgan fingerprint density at radius 1 is 1.23 bits per heavy atom. The summed E-state index contributed by atoms with van der Waals surface area (Å²) in [6.07, 6.45) is 5.07. The lowest BCUT2D eigenvalue weighted by atomic mass is 10.1. The predicted octanol–water partition coefficient (Wildman–Crippen LogP) is 2.14. The third-order valence-corrected chi connectivity index (χ3v) is 6.42. The van der Waals surface area contributed by atoms with E-state index in [2.05, 4.69) is 0 Å². The van der Waals surface area contributed by atoms with Gasteiger partial charge in [-0.2, -0.15) is 0 Å². The van der Waals surface area contributed by atoms with Crippen molar-refractivity contribution in [2.45, 2.75) is 18.9 Å². The van der Waals surface area contributed by atoms with Crippen molar-refractivity contribution in [2.75, 3.05) is 31.8 Å². The van der Waals surface area contributed by atoms with E-state index in [1.807, 2.05) is 41.2 Å². The average Bonchev–Trinajstić information content (AvgIpc) is 3.28. The minimum atomic E-state index is -3.05. The van der Waals surface area contributed by atoms with Crippen LogP contribution in [0.4, 0.5) is 0 Å². The van der Waals surface area contributed by atoms with Crippen LogP contribution in [0.2, 0.25) is 0 Å². The lowest BCUT2D eigenvalue weighted by Crippen LogP contribution is -2.42. The van der Waals surface area contributed by atoms with Crippen LogP contribution in [0, 0.1) is 0 Å². The number of sulfone groups is 1. The zero-order chi connectivity index (χ0) is 18.6. The molecule has 1 aliphatic rings. The van der Waals surface area contributed by atoms with Crippen LogP contribution < -0.4 is 0 Å². The van der Waals surface area contributed by atoms with Gasteiger partial charge >= 0.3 is 0 Å². The summed E-state index contributed by atoms with van der Waals surface area (Å²) < 4.78 is 30.7. The highest BCUT2D eigenvalue weighted by molar-refractivity contribution is 7.91. The number of methoxy groups -OCH3 is 1. The van der Waals surface area contributed by atoms with Crippen LogP contribution >= 0.6 is 0 Å². The molecule has 1 saturated heterocycles. The first kappa shape index (κ1) is 18.7. The molecule has 2 aromatic rings. The molecule has 140 valence electrons. The number of carbonyl (C=O) groups is 1. The molecule has 0 radical (unpaired) electrons. The second-order valence-electron chi connectivity index (χ2n) is 6.54. The molecule has 1 aliphatic heterocycles. The van der Waals surface area contributed by atoms with Gasteiger partial charge in [0.25, 0.3) is 5.91 Å². The predicted molar refractivity (Wildman–Crippen MR) is 100 cm³/mol. The normalized spacial score (nSPS) is 18.7. The Kier molecular flexibility index (Phi) is 5.78. The summed E-state index contributed by atoms with van der Waals surface area (Å²) in [5, 5.41) is 0. The summed E-state index contributed by atoms with van der Waals surface area (Å²) >= 11 is 0. The molecule has 0 aliphatic carbocycles. The summed E-state index contributed by atoms with van der Waals surface area (Å²) in [7, 11) is -1.43. The minimum Gasteiger partial charge on any atom is -0.385 e. The lowest BCUT2D eigenvalue weighted by Gasteiger charge is -2.28. The van der Waals surface area contributed by atoms with Crippen molar-refractivity contribution in [3.63, 3.8) is 0 Å². The molecule has 0 saturated carbocycles. The van der Waals surface area contributed by atoms with Crippen molar-refractivity contribution in [3.8, 4) is 5.69 Å². The van der Waals surface area contributed by atoms with Crippen LogP contribution in [-0.4, -0.2) is 61.6 Å². The van der Waals surface area contributed by atoms with E-state index >= 15 is 0 Å². The molecule has 1 aromatic heterocycles. The summed E-state index contributed by atoms with van der Waals surface area (Å²) in [4.78, 5) is 14.7. The summed E-state index contributed by atoms with van der Waals surface area (Å²) in [6, 6.07) is 11.0. The fraction of sp³-hybridized carbons (Fsp3) is 0.421. The van der Waals surface area contributed by atoms with Crippen molar-refractivity contribution < 1.29 is 17.9 Å². The van der Waals surface area contributed by atoms with E-state index in [0.717, 1.165) is 5.69 Å². The van der Waals surface area contributed by atoms with E-state index in [1.54, 1.807) is 24.1 Å². The Morgan fingerprint density at radius 3 is 2.50 bits per heavy atom. The van der Waals surface area contributed by atoms with E-state index < -0.39 is 9.84 Å². The third-order valence-electron chi connectivity index (χ3n) is 4.67. The van der Waals surface area contributed by atoms with Crippen molar-refractivity contribution in [3.05, 3.63) is 54.4 Å². The van der Waals surface area contributed by atoms with Gasteiger partial charge in [-0.25, -0.2) is 8.42 Å². The van der Waals surface area contributed by atoms with E-state index in [0.29, 0.717) is 31.6 Å². The van der Waals surface area contributed by atoms with Gasteiger partial charge in [-0.05, 0) is 49.2 Å². The van der Waals surface area contributed by atoms with E-state index in [1.165, 1.54) is 0 Å². The summed E-state index contributed by atoms with van der Waals surface area (Å²) in [5.74, 6) is 0.0770. The van der Waals surface area contributed by atoms with E-state index in [-0.39, 0.29) is 23.5 Å². The molecule has 26 heavy (non-hydrogen) atoms. The molecule has 1 atom stereocenters. The van der Waals surface area contributed by atoms with Crippen LogP contribution in [0.3, 0.4) is 0 Å². The number of hydrogen-bond donors (Lipinski definition) is 0. The van der Waals surface area contributed by atoms with Crippen LogP contribution in [0.5, 0.6) is 0 Å². The van der Waals surface area contributed by atoms with E-state index in [4.69, 9.17) is 4.74 Å². The fourth-order valence-corrected chi connectivity index (χ4v) is 5.03. The van der Waals surface area contributed by atoms with Gasteiger partial charge in [-0.3, -0.25) is 4.79 Å². The number of benzene rings is 1. The maximum atomic E-state index is 13.0. The first-order chi connectivity index (χ1) is 12.5. The first-order valence-electron chi connectivity index (χ1n) is 8.74. The maximum Gasteiger partial charge on any atom is 0.254 e. The minimum absolute atomic E-state index is 0.0488. The zero-order valence-electron chi connectivity index (χ0n) is 14.9. The molecule has 6 nitrogen and oxygen atoms in total. The van der Waals surface area contributed by atoms with Crippen molar-refractivity contribution in [1.29, 1.82) is 0 Å². The van der Waals surface area contributed by atoms with Gasteiger partial charge in [0.05, 0.1) is 11.5 Å². The molecule has 7 heteroatoms. The number of ether oxygens (including phenoxy) is 1. The molecule has 2 heterocycles. The number of hydrogen-bond acceptors (Lipinski definition) is 4. The SMILES string of the molecule is COCCCN(C(=O)c1ccc(-n2cccc2)cc1)C1CCS(=O)(=O)C1. The van der Waals surface area contributed by atoms with Crippen LogP contribution in [0.25, 0.3) is 5.69 Å². The van der Waals surface area contributed by atoms with Gasteiger partial charge in [-0.15, -0.1) is 0 Å². The van der Waals surface area contributed by atoms with Crippen LogP contribution in [0.15, 0.2) is 48.8 Å². The molecule has 3 rings (SSSR count). The number of nitrogens with zero attached hydrogens (tertiary/aromatic N) is 2.